The summed E-state index contributed by atoms with van der Waals surface area (Å²) in [6, 6.07) is 1.56. The van der Waals surface area contributed by atoms with Gasteiger partial charge in [-0.1, -0.05) is 16.8 Å². The minimum absolute atomic E-state index is 0.248. The van der Waals surface area contributed by atoms with Gasteiger partial charge in [0.15, 0.2) is 5.82 Å². The van der Waals surface area contributed by atoms with E-state index in [1.807, 2.05) is 0 Å². The number of aromatic nitrogens is 3. The lowest BCUT2D eigenvalue weighted by molar-refractivity contribution is 0.0953. The number of nitrogens with zero attached hydrogens (tertiary/aromatic N) is 3. The van der Waals surface area contributed by atoms with Crippen molar-refractivity contribution in [3.05, 3.63) is 34.6 Å². The van der Waals surface area contributed by atoms with E-state index in [0.717, 1.165) is 0 Å². The van der Waals surface area contributed by atoms with Crippen molar-refractivity contribution >= 4 is 23.3 Å². The maximum Gasteiger partial charge on any atom is 0.252 e. The van der Waals surface area contributed by atoms with E-state index in [1.54, 1.807) is 20.0 Å². The van der Waals surface area contributed by atoms with Crippen molar-refractivity contribution < 1.29 is 9.32 Å². The molecule has 0 saturated heterocycles. The monoisotopic (exact) mass is 295 g/mol. The molecule has 8 heteroatoms. The van der Waals surface area contributed by atoms with Crippen molar-refractivity contribution in [2.45, 2.75) is 13.3 Å². The van der Waals surface area contributed by atoms with Crippen molar-refractivity contribution in [3.63, 3.8) is 0 Å². The van der Waals surface area contributed by atoms with E-state index in [9.17, 15) is 4.79 Å². The second-order valence-corrected chi connectivity index (χ2v) is 4.45. The highest BCUT2D eigenvalue weighted by Gasteiger charge is 2.09. The predicted octanol–water partition coefficient (Wildman–Crippen LogP) is 1.44. The maximum atomic E-state index is 11.9. The fraction of sp³-hybridized carbons (Fsp3) is 0.333. The zero-order valence-corrected chi connectivity index (χ0v) is 11.9. The van der Waals surface area contributed by atoms with E-state index in [0.29, 0.717) is 41.1 Å². The minimum Gasteiger partial charge on any atom is -0.372 e. The van der Waals surface area contributed by atoms with Crippen molar-refractivity contribution in [2.75, 3.05) is 18.9 Å². The standard InChI is InChI=1S/C12H14ClN5O2/c1-7-17-10(18-20-7)3-4-15-12(19)8-5-9(13)11(14-2)16-6-8/h5-6H,3-4H2,1-2H3,(H,14,16)(H,15,19). The highest BCUT2D eigenvalue weighted by Crippen LogP contribution is 2.19. The molecule has 2 heterocycles. The summed E-state index contributed by atoms with van der Waals surface area (Å²) in [5.74, 6) is 1.35. The van der Waals surface area contributed by atoms with Gasteiger partial charge in [0, 0.05) is 33.1 Å². The van der Waals surface area contributed by atoms with Crippen LogP contribution in [0.15, 0.2) is 16.8 Å². The number of rotatable bonds is 5. The van der Waals surface area contributed by atoms with Crippen LogP contribution in [0.3, 0.4) is 0 Å². The topological polar surface area (TPSA) is 92.9 Å². The third-order valence-electron chi connectivity index (χ3n) is 2.54. The zero-order chi connectivity index (χ0) is 14.5. The Hall–Kier alpha value is -2.15. The van der Waals surface area contributed by atoms with Gasteiger partial charge in [0.1, 0.15) is 5.82 Å². The van der Waals surface area contributed by atoms with Crippen LogP contribution in [0.25, 0.3) is 0 Å². The first-order chi connectivity index (χ1) is 9.60. The Morgan fingerprint density at radius 2 is 2.30 bits per heavy atom. The van der Waals surface area contributed by atoms with E-state index in [2.05, 4.69) is 25.8 Å². The third kappa shape index (κ3) is 3.45. The molecule has 20 heavy (non-hydrogen) atoms. The highest BCUT2D eigenvalue weighted by molar-refractivity contribution is 6.33. The normalized spacial score (nSPS) is 10.3. The molecule has 7 nitrogen and oxygen atoms in total. The molecular weight excluding hydrogens is 282 g/mol. The number of nitrogens with one attached hydrogen (secondary N) is 2. The largest absolute Gasteiger partial charge is 0.372 e. The van der Waals surface area contributed by atoms with Crippen LogP contribution in [-0.4, -0.2) is 34.6 Å². The molecule has 0 fully saturated rings. The van der Waals surface area contributed by atoms with Crippen LogP contribution >= 0.6 is 11.6 Å². The molecule has 0 atom stereocenters. The number of halogens is 1. The molecule has 106 valence electrons. The minimum atomic E-state index is -0.248. The lowest BCUT2D eigenvalue weighted by Crippen LogP contribution is -2.26. The Morgan fingerprint density at radius 1 is 1.50 bits per heavy atom. The van der Waals surface area contributed by atoms with Gasteiger partial charge in [-0.3, -0.25) is 4.79 Å². The molecule has 0 radical (unpaired) electrons. The lowest BCUT2D eigenvalue weighted by Gasteiger charge is -2.06. The van der Waals surface area contributed by atoms with Gasteiger partial charge in [-0.15, -0.1) is 0 Å². The summed E-state index contributed by atoms with van der Waals surface area (Å²) >= 11 is 5.97. The van der Waals surface area contributed by atoms with Gasteiger partial charge in [-0.25, -0.2) is 4.98 Å². The van der Waals surface area contributed by atoms with Crippen LogP contribution in [0, 0.1) is 6.92 Å². The van der Waals surface area contributed by atoms with Crippen molar-refractivity contribution in [2.24, 2.45) is 0 Å². The molecule has 1 amide bonds. The molecule has 0 spiro atoms. The van der Waals surface area contributed by atoms with Crippen LogP contribution in [0.1, 0.15) is 22.1 Å². The van der Waals surface area contributed by atoms with Crippen molar-refractivity contribution in [3.8, 4) is 0 Å². The number of pyridine rings is 1. The van der Waals surface area contributed by atoms with E-state index >= 15 is 0 Å². The summed E-state index contributed by atoms with van der Waals surface area (Å²) in [5.41, 5.74) is 0.401. The quantitative estimate of drug-likeness (QED) is 0.867. The molecule has 2 aromatic heterocycles. The van der Waals surface area contributed by atoms with E-state index in [1.165, 1.54) is 6.20 Å². The first kappa shape index (κ1) is 14.3. The van der Waals surface area contributed by atoms with E-state index < -0.39 is 0 Å². The number of amides is 1. The molecular formula is C12H14ClN5O2. The molecule has 2 N–H and O–H groups in total. The SMILES string of the molecule is CNc1ncc(C(=O)NCCc2noc(C)n2)cc1Cl. The molecule has 0 saturated carbocycles. The Morgan fingerprint density at radius 3 is 2.90 bits per heavy atom. The van der Waals surface area contributed by atoms with Crippen LogP contribution in [0.5, 0.6) is 0 Å². The average Bonchev–Trinajstić information content (AvgIpc) is 2.84. The first-order valence-electron chi connectivity index (χ1n) is 6.01. The van der Waals surface area contributed by atoms with Crippen LogP contribution in [0.2, 0.25) is 5.02 Å². The molecule has 0 bridgehead atoms. The van der Waals surface area contributed by atoms with Gasteiger partial charge in [-0.2, -0.15) is 4.98 Å². The molecule has 0 aliphatic heterocycles. The van der Waals surface area contributed by atoms with Crippen LogP contribution in [0.4, 0.5) is 5.82 Å². The predicted molar refractivity (Wildman–Crippen MR) is 73.9 cm³/mol. The molecule has 0 aliphatic rings. The van der Waals surface area contributed by atoms with Gasteiger partial charge in [0.05, 0.1) is 10.6 Å². The molecule has 0 aromatic carbocycles. The van der Waals surface area contributed by atoms with Crippen LogP contribution < -0.4 is 10.6 Å². The number of hydrogen-bond acceptors (Lipinski definition) is 6. The van der Waals surface area contributed by atoms with Gasteiger partial charge in [-0.05, 0) is 6.07 Å². The summed E-state index contributed by atoms with van der Waals surface area (Å²) in [4.78, 5) is 20.0. The first-order valence-corrected chi connectivity index (χ1v) is 6.38. The maximum absolute atomic E-state index is 11.9. The third-order valence-corrected chi connectivity index (χ3v) is 2.83. The van der Waals surface area contributed by atoms with E-state index in [4.69, 9.17) is 16.1 Å². The average molecular weight is 296 g/mol. The van der Waals surface area contributed by atoms with Gasteiger partial charge in [0.2, 0.25) is 5.89 Å². The summed E-state index contributed by atoms with van der Waals surface area (Å²) in [7, 11) is 1.71. The Bertz CT molecular complexity index is 614. The summed E-state index contributed by atoms with van der Waals surface area (Å²) in [6.07, 6.45) is 1.96. The van der Waals surface area contributed by atoms with Gasteiger partial charge < -0.3 is 15.2 Å². The summed E-state index contributed by atoms with van der Waals surface area (Å²) < 4.78 is 4.84. The van der Waals surface area contributed by atoms with Crippen LogP contribution in [-0.2, 0) is 6.42 Å². The second-order valence-electron chi connectivity index (χ2n) is 4.04. The Balaban J connectivity index is 1.90. The Labute approximate surface area is 120 Å². The Kier molecular flexibility index (Phi) is 4.52. The molecule has 0 aliphatic carbocycles. The van der Waals surface area contributed by atoms with Gasteiger partial charge >= 0.3 is 0 Å². The number of anilines is 1. The van der Waals surface area contributed by atoms with Crippen molar-refractivity contribution in [1.82, 2.24) is 20.4 Å². The van der Waals surface area contributed by atoms with Crippen molar-refractivity contribution in [1.29, 1.82) is 0 Å². The highest BCUT2D eigenvalue weighted by atomic mass is 35.5. The molecule has 2 rings (SSSR count). The lowest BCUT2D eigenvalue weighted by atomic mass is 10.2. The zero-order valence-electron chi connectivity index (χ0n) is 11.1. The fourth-order valence-corrected chi connectivity index (χ4v) is 1.84. The fourth-order valence-electron chi connectivity index (χ4n) is 1.58. The van der Waals surface area contributed by atoms with Gasteiger partial charge in [0.25, 0.3) is 5.91 Å². The number of hydrogen-bond donors (Lipinski definition) is 2. The number of carbonyl (C=O) groups excluding carboxylic acids is 1. The van der Waals surface area contributed by atoms with E-state index in [-0.39, 0.29) is 5.91 Å². The summed E-state index contributed by atoms with van der Waals surface area (Å²) in [6.45, 7) is 2.12. The number of carbonyl (C=O) groups is 1. The number of aryl methyl sites for hydroxylation is 1. The second kappa shape index (κ2) is 6.33. The summed E-state index contributed by atoms with van der Waals surface area (Å²) in [5, 5.41) is 9.71. The molecule has 2 aromatic rings. The molecule has 0 unspecified atom stereocenters. The smallest absolute Gasteiger partial charge is 0.252 e.